The maximum Gasteiger partial charge on any atom is 0.322 e. The third-order valence-corrected chi connectivity index (χ3v) is 4.92. The largest absolute Gasteiger partial charge is 0.497 e. The number of piperidine rings is 1. The zero-order chi connectivity index (χ0) is 15.6. The molecule has 0 amide bonds. The molecule has 0 saturated carbocycles. The molecule has 0 spiro atoms. The average Bonchev–Trinajstić information content (AvgIpc) is 3.24. The van der Waals surface area contributed by atoms with Gasteiger partial charge < -0.3 is 19.5 Å². The van der Waals surface area contributed by atoms with Crippen molar-refractivity contribution >= 4 is 6.01 Å². The quantitative estimate of drug-likeness (QED) is 0.936. The minimum atomic E-state index is 0.429. The second kappa shape index (κ2) is 6.20. The number of hydrogen-bond donors (Lipinski definition) is 1. The van der Waals surface area contributed by atoms with Crippen LogP contribution in [0.25, 0.3) is 11.4 Å². The van der Waals surface area contributed by atoms with Crippen LogP contribution in [0.15, 0.2) is 28.8 Å². The van der Waals surface area contributed by atoms with Crippen molar-refractivity contribution in [1.29, 1.82) is 0 Å². The molecular weight excluding hydrogens is 292 g/mol. The summed E-state index contributed by atoms with van der Waals surface area (Å²) in [5, 5.41) is 7.49. The summed E-state index contributed by atoms with van der Waals surface area (Å²) in [4.78, 5) is 7.08. The predicted molar refractivity (Wildman–Crippen MR) is 87.5 cm³/mol. The van der Waals surface area contributed by atoms with E-state index in [1.165, 1.54) is 32.4 Å². The molecule has 23 heavy (non-hydrogen) atoms. The van der Waals surface area contributed by atoms with Gasteiger partial charge >= 0.3 is 6.01 Å². The number of aromatic nitrogens is 2. The Bertz CT molecular complexity index is 655. The highest BCUT2D eigenvalue weighted by molar-refractivity contribution is 5.56. The van der Waals surface area contributed by atoms with Gasteiger partial charge in [-0.3, -0.25) is 0 Å². The van der Waals surface area contributed by atoms with E-state index in [1.54, 1.807) is 7.11 Å². The Morgan fingerprint density at radius 1 is 1.22 bits per heavy atom. The Balaban J connectivity index is 1.41. The lowest BCUT2D eigenvalue weighted by Crippen LogP contribution is -2.42. The van der Waals surface area contributed by atoms with Crippen molar-refractivity contribution in [3.8, 4) is 17.1 Å². The zero-order valence-corrected chi connectivity index (χ0v) is 13.4. The molecule has 2 saturated heterocycles. The van der Waals surface area contributed by atoms with Gasteiger partial charge in [-0.05, 0) is 56.5 Å². The van der Waals surface area contributed by atoms with Crippen LogP contribution in [0.4, 0.5) is 6.01 Å². The summed E-state index contributed by atoms with van der Waals surface area (Å²) >= 11 is 0. The summed E-state index contributed by atoms with van der Waals surface area (Å²) in [6.45, 7) is 2.43. The molecule has 3 heterocycles. The van der Waals surface area contributed by atoms with E-state index < -0.39 is 0 Å². The third-order valence-electron chi connectivity index (χ3n) is 4.92. The van der Waals surface area contributed by atoms with E-state index in [0.29, 0.717) is 17.9 Å². The van der Waals surface area contributed by atoms with Crippen molar-refractivity contribution in [3.05, 3.63) is 24.3 Å². The fraction of sp³-hybridized carbons (Fsp3) is 0.529. The highest BCUT2D eigenvalue weighted by Gasteiger charge is 2.32. The fourth-order valence-corrected chi connectivity index (χ4v) is 3.67. The van der Waals surface area contributed by atoms with Crippen LogP contribution >= 0.6 is 0 Å². The topological polar surface area (TPSA) is 63.4 Å². The SMILES string of the molecule is COc1ccc(-c2noc(NC3CCN4CCCC4C3)n2)cc1. The maximum atomic E-state index is 5.37. The Morgan fingerprint density at radius 2 is 2.09 bits per heavy atom. The molecule has 1 N–H and O–H groups in total. The van der Waals surface area contributed by atoms with E-state index in [9.17, 15) is 0 Å². The van der Waals surface area contributed by atoms with Crippen molar-refractivity contribution < 1.29 is 9.26 Å². The molecule has 6 nitrogen and oxygen atoms in total. The Labute approximate surface area is 135 Å². The van der Waals surface area contributed by atoms with Gasteiger partial charge in [0, 0.05) is 24.2 Å². The van der Waals surface area contributed by atoms with Crippen molar-refractivity contribution in [2.75, 3.05) is 25.5 Å². The molecular formula is C17H22N4O2. The normalized spacial score (nSPS) is 24.4. The predicted octanol–water partition coefficient (Wildman–Crippen LogP) is 2.78. The van der Waals surface area contributed by atoms with Crippen LogP contribution < -0.4 is 10.1 Å². The first kappa shape index (κ1) is 14.5. The van der Waals surface area contributed by atoms with Crippen molar-refractivity contribution in [1.82, 2.24) is 15.0 Å². The molecule has 2 unspecified atom stereocenters. The van der Waals surface area contributed by atoms with Gasteiger partial charge in [0.25, 0.3) is 0 Å². The number of methoxy groups -OCH3 is 1. The van der Waals surface area contributed by atoms with Gasteiger partial charge in [-0.1, -0.05) is 5.16 Å². The lowest BCUT2D eigenvalue weighted by Gasteiger charge is -2.34. The minimum absolute atomic E-state index is 0.429. The molecule has 2 fully saturated rings. The van der Waals surface area contributed by atoms with Crippen LogP contribution in [0.2, 0.25) is 0 Å². The number of nitrogens with zero attached hydrogens (tertiary/aromatic N) is 3. The number of nitrogens with one attached hydrogen (secondary N) is 1. The number of hydrogen-bond acceptors (Lipinski definition) is 6. The van der Waals surface area contributed by atoms with Gasteiger partial charge in [0.2, 0.25) is 5.82 Å². The smallest absolute Gasteiger partial charge is 0.322 e. The van der Waals surface area contributed by atoms with E-state index in [1.807, 2.05) is 24.3 Å². The molecule has 1 aromatic heterocycles. The standard InChI is InChI=1S/C17H22N4O2/c1-22-15-6-4-12(5-7-15)16-19-17(23-20-16)18-13-8-10-21-9-2-3-14(21)11-13/h4-7,13-14H,2-3,8-11H2,1H3,(H,18,19,20). The van der Waals surface area contributed by atoms with Crippen LogP contribution in [0.3, 0.4) is 0 Å². The molecule has 2 aliphatic rings. The van der Waals surface area contributed by atoms with Crippen LogP contribution in [0, 0.1) is 0 Å². The number of anilines is 1. The molecule has 0 radical (unpaired) electrons. The Kier molecular flexibility index (Phi) is 3.91. The first-order valence-corrected chi connectivity index (χ1v) is 8.30. The van der Waals surface area contributed by atoms with Crippen LogP contribution in [0.1, 0.15) is 25.7 Å². The summed E-state index contributed by atoms with van der Waals surface area (Å²) in [6, 6.07) is 9.34. The maximum absolute atomic E-state index is 5.37. The van der Waals surface area contributed by atoms with Gasteiger partial charge in [0.05, 0.1) is 7.11 Å². The van der Waals surface area contributed by atoms with E-state index in [2.05, 4.69) is 20.4 Å². The number of benzene rings is 1. The monoisotopic (exact) mass is 314 g/mol. The van der Waals surface area contributed by atoms with E-state index in [-0.39, 0.29) is 0 Å². The molecule has 2 aromatic rings. The van der Waals surface area contributed by atoms with Crippen molar-refractivity contribution in [3.63, 3.8) is 0 Å². The van der Waals surface area contributed by atoms with Gasteiger partial charge in [0.1, 0.15) is 5.75 Å². The van der Waals surface area contributed by atoms with E-state index >= 15 is 0 Å². The third kappa shape index (κ3) is 3.03. The molecule has 4 rings (SSSR count). The second-order valence-electron chi connectivity index (χ2n) is 6.35. The molecule has 0 bridgehead atoms. The highest BCUT2D eigenvalue weighted by Crippen LogP contribution is 2.28. The van der Waals surface area contributed by atoms with Gasteiger partial charge in [-0.15, -0.1) is 0 Å². The van der Waals surface area contributed by atoms with Crippen LogP contribution in [0.5, 0.6) is 5.75 Å². The van der Waals surface area contributed by atoms with Crippen molar-refractivity contribution in [2.24, 2.45) is 0 Å². The average molecular weight is 314 g/mol. The zero-order valence-electron chi connectivity index (χ0n) is 13.4. The molecule has 6 heteroatoms. The summed E-state index contributed by atoms with van der Waals surface area (Å²) < 4.78 is 10.5. The molecule has 122 valence electrons. The highest BCUT2D eigenvalue weighted by atomic mass is 16.5. The summed E-state index contributed by atoms with van der Waals surface area (Å²) in [7, 11) is 1.65. The van der Waals surface area contributed by atoms with E-state index in [0.717, 1.165) is 23.8 Å². The first-order chi connectivity index (χ1) is 11.3. The number of rotatable bonds is 4. The Morgan fingerprint density at radius 3 is 2.91 bits per heavy atom. The first-order valence-electron chi connectivity index (χ1n) is 8.30. The van der Waals surface area contributed by atoms with Gasteiger partial charge in [0.15, 0.2) is 0 Å². The van der Waals surface area contributed by atoms with Crippen molar-refractivity contribution in [2.45, 2.75) is 37.8 Å². The summed E-state index contributed by atoms with van der Waals surface area (Å²) in [5.74, 6) is 1.42. The van der Waals surface area contributed by atoms with Gasteiger partial charge in [-0.25, -0.2) is 0 Å². The van der Waals surface area contributed by atoms with Crippen LogP contribution in [-0.2, 0) is 0 Å². The number of fused-ring (bicyclic) bond motifs is 1. The minimum Gasteiger partial charge on any atom is -0.497 e. The molecule has 2 atom stereocenters. The Hall–Kier alpha value is -2.08. The lowest BCUT2D eigenvalue weighted by atomic mass is 9.98. The van der Waals surface area contributed by atoms with E-state index in [4.69, 9.17) is 9.26 Å². The molecule has 1 aromatic carbocycles. The van der Waals surface area contributed by atoms with Gasteiger partial charge in [-0.2, -0.15) is 4.98 Å². The summed E-state index contributed by atoms with van der Waals surface area (Å²) in [5.41, 5.74) is 0.924. The number of ether oxygens (including phenoxy) is 1. The lowest BCUT2D eigenvalue weighted by molar-refractivity contribution is 0.186. The molecule has 0 aliphatic carbocycles. The summed E-state index contributed by atoms with van der Waals surface area (Å²) in [6.07, 6.45) is 4.95. The van der Waals surface area contributed by atoms with Crippen LogP contribution in [-0.4, -0.2) is 47.3 Å². The fourth-order valence-electron chi connectivity index (χ4n) is 3.67. The second-order valence-corrected chi connectivity index (χ2v) is 6.35. The molecule has 2 aliphatic heterocycles.